The van der Waals surface area contributed by atoms with E-state index in [0.29, 0.717) is 19.0 Å². The molecule has 2 fully saturated rings. The van der Waals surface area contributed by atoms with Gasteiger partial charge in [-0.1, -0.05) is 19.8 Å². The Balaban J connectivity index is 1.96. The Morgan fingerprint density at radius 3 is 2.22 bits per heavy atom. The molecule has 1 aliphatic heterocycles. The number of carbonyl (C=O) groups excluding carboxylic acids is 2. The van der Waals surface area contributed by atoms with Crippen molar-refractivity contribution < 1.29 is 9.59 Å². The van der Waals surface area contributed by atoms with E-state index >= 15 is 0 Å². The molecule has 4 heteroatoms. The minimum absolute atomic E-state index is 0.0322. The Kier molecular flexibility index (Phi) is 3.93. The van der Waals surface area contributed by atoms with E-state index in [1.54, 1.807) is 0 Å². The summed E-state index contributed by atoms with van der Waals surface area (Å²) in [5.74, 6) is 0.0776. The van der Waals surface area contributed by atoms with Gasteiger partial charge in [0.25, 0.3) is 0 Å². The molecule has 1 aliphatic carbocycles. The molecule has 0 unspecified atom stereocenters. The first-order valence-electron chi connectivity index (χ1n) is 7.18. The Morgan fingerprint density at radius 2 is 1.78 bits per heavy atom. The standard InChI is InChI=1S/C14H24N2O2/c1-2-14(7-3-4-8-14)13(18)16-9-5-11(6-10-16)12(15)17/h11H,2-10H2,1H3,(H2,15,17). The molecule has 1 heterocycles. The number of nitrogens with two attached hydrogens (primary N) is 1. The van der Waals surface area contributed by atoms with Crippen LogP contribution < -0.4 is 5.73 Å². The lowest BCUT2D eigenvalue weighted by Crippen LogP contribution is -2.47. The third kappa shape index (κ3) is 2.38. The van der Waals surface area contributed by atoms with Gasteiger partial charge < -0.3 is 10.6 Å². The van der Waals surface area contributed by atoms with Crippen LogP contribution in [0.2, 0.25) is 0 Å². The molecule has 4 nitrogen and oxygen atoms in total. The van der Waals surface area contributed by atoms with Gasteiger partial charge in [0.2, 0.25) is 11.8 Å². The van der Waals surface area contributed by atoms with Crippen molar-refractivity contribution >= 4 is 11.8 Å². The maximum absolute atomic E-state index is 12.6. The zero-order valence-corrected chi connectivity index (χ0v) is 11.3. The molecule has 0 bridgehead atoms. The van der Waals surface area contributed by atoms with Crippen molar-refractivity contribution in [1.29, 1.82) is 0 Å². The summed E-state index contributed by atoms with van der Waals surface area (Å²) in [5.41, 5.74) is 5.22. The molecule has 2 amide bonds. The average Bonchev–Trinajstić information content (AvgIpc) is 2.88. The molecule has 0 aromatic rings. The number of hydrogen-bond donors (Lipinski definition) is 1. The lowest BCUT2D eigenvalue weighted by Gasteiger charge is -2.37. The summed E-state index contributed by atoms with van der Waals surface area (Å²) in [6.45, 7) is 3.53. The van der Waals surface area contributed by atoms with Gasteiger partial charge in [0.1, 0.15) is 0 Å². The first-order valence-corrected chi connectivity index (χ1v) is 7.18. The summed E-state index contributed by atoms with van der Waals surface area (Å²) in [7, 11) is 0. The quantitative estimate of drug-likeness (QED) is 0.830. The van der Waals surface area contributed by atoms with E-state index in [-0.39, 0.29) is 17.2 Å². The smallest absolute Gasteiger partial charge is 0.228 e. The van der Waals surface area contributed by atoms with Crippen LogP contribution in [0.4, 0.5) is 0 Å². The SMILES string of the molecule is CCC1(C(=O)N2CCC(C(N)=O)CC2)CCCC1. The van der Waals surface area contributed by atoms with Gasteiger partial charge in [-0.25, -0.2) is 0 Å². The van der Waals surface area contributed by atoms with Gasteiger partial charge >= 0.3 is 0 Å². The molecule has 102 valence electrons. The van der Waals surface area contributed by atoms with E-state index in [0.717, 1.165) is 32.1 Å². The lowest BCUT2D eigenvalue weighted by atomic mass is 9.81. The maximum atomic E-state index is 12.6. The molecular formula is C14H24N2O2. The molecule has 2 aliphatic rings. The molecule has 0 atom stereocenters. The molecular weight excluding hydrogens is 228 g/mol. The van der Waals surface area contributed by atoms with Crippen LogP contribution in [-0.2, 0) is 9.59 Å². The topological polar surface area (TPSA) is 63.4 Å². The van der Waals surface area contributed by atoms with Crippen LogP contribution in [0.25, 0.3) is 0 Å². The fourth-order valence-corrected chi connectivity index (χ4v) is 3.47. The third-order valence-corrected chi connectivity index (χ3v) is 4.88. The fourth-order valence-electron chi connectivity index (χ4n) is 3.47. The van der Waals surface area contributed by atoms with Crippen molar-refractivity contribution in [3.05, 3.63) is 0 Å². The monoisotopic (exact) mass is 252 g/mol. The van der Waals surface area contributed by atoms with E-state index < -0.39 is 0 Å². The van der Waals surface area contributed by atoms with Crippen molar-refractivity contribution in [3.63, 3.8) is 0 Å². The van der Waals surface area contributed by atoms with Gasteiger partial charge in [-0.15, -0.1) is 0 Å². The zero-order valence-electron chi connectivity index (χ0n) is 11.3. The second-order valence-electron chi connectivity index (χ2n) is 5.81. The van der Waals surface area contributed by atoms with Crippen LogP contribution >= 0.6 is 0 Å². The first kappa shape index (κ1) is 13.4. The number of likely N-dealkylation sites (tertiary alicyclic amines) is 1. The van der Waals surface area contributed by atoms with Crippen LogP contribution in [0, 0.1) is 11.3 Å². The number of carbonyl (C=O) groups is 2. The second kappa shape index (κ2) is 5.29. The summed E-state index contributed by atoms with van der Waals surface area (Å²) in [5, 5.41) is 0. The normalized spacial score (nSPS) is 24.2. The molecule has 18 heavy (non-hydrogen) atoms. The van der Waals surface area contributed by atoms with Crippen molar-refractivity contribution in [1.82, 2.24) is 4.90 Å². The van der Waals surface area contributed by atoms with E-state index in [9.17, 15) is 9.59 Å². The summed E-state index contributed by atoms with van der Waals surface area (Å²) in [6, 6.07) is 0. The van der Waals surface area contributed by atoms with Crippen molar-refractivity contribution in [2.45, 2.75) is 51.9 Å². The highest BCUT2D eigenvalue weighted by molar-refractivity contribution is 5.83. The van der Waals surface area contributed by atoms with Crippen LogP contribution in [-0.4, -0.2) is 29.8 Å². The number of piperidine rings is 1. The fraction of sp³-hybridized carbons (Fsp3) is 0.857. The number of hydrogen-bond acceptors (Lipinski definition) is 2. The highest BCUT2D eigenvalue weighted by Gasteiger charge is 2.42. The minimum atomic E-state index is -0.215. The van der Waals surface area contributed by atoms with Crippen LogP contribution in [0.1, 0.15) is 51.9 Å². The van der Waals surface area contributed by atoms with Gasteiger partial charge in [-0.3, -0.25) is 9.59 Å². The summed E-state index contributed by atoms with van der Waals surface area (Å²) < 4.78 is 0. The lowest BCUT2D eigenvalue weighted by molar-refractivity contribution is -0.144. The van der Waals surface area contributed by atoms with Crippen LogP contribution in [0.15, 0.2) is 0 Å². The molecule has 2 N–H and O–H groups in total. The van der Waals surface area contributed by atoms with Gasteiger partial charge in [0, 0.05) is 24.4 Å². The Labute approximate surface area is 109 Å². The number of primary amides is 1. The first-order chi connectivity index (χ1) is 8.59. The van der Waals surface area contributed by atoms with Gasteiger partial charge in [-0.2, -0.15) is 0 Å². The minimum Gasteiger partial charge on any atom is -0.369 e. The zero-order chi connectivity index (χ0) is 13.2. The molecule has 1 saturated heterocycles. The van der Waals surface area contributed by atoms with E-state index in [4.69, 9.17) is 5.73 Å². The van der Waals surface area contributed by atoms with Crippen molar-refractivity contribution in [2.75, 3.05) is 13.1 Å². The molecule has 1 saturated carbocycles. The van der Waals surface area contributed by atoms with Crippen LogP contribution in [0.5, 0.6) is 0 Å². The molecule has 2 rings (SSSR count). The number of amides is 2. The molecule has 0 spiro atoms. The summed E-state index contributed by atoms with van der Waals surface area (Å²) >= 11 is 0. The van der Waals surface area contributed by atoms with Gasteiger partial charge in [0.15, 0.2) is 0 Å². The molecule has 0 aromatic heterocycles. The largest absolute Gasteiger partial charge is 0.369 e. The van der Waals surface area contributed by atoms with Crippen LogP contribution in [0.3, 0.4) is 0 Å². The van der Waals surface area contributed by atoms with Gasteiger partial charge in [-0.05, 0) is 32.1 Å². The summed E-state index contributed by atoms with van der Waals surface area (Å²) in [4.78, 5) is 25.7. The van der Waals surface area contributed by atoms with Crippen molar-refractivity contribution in [2.24, 2.45) is 17.1 Å². The number of rotatable bonds is 3. The predicted octanol–water partition coefficient (Wildman–Crippen LogP) is 1.68. The highest BCUT2D eigenvalue weighted by atomic mass is 16.2. The average molecular weight is 252 g/mol. The Morgan fingerprint density at radius 1 is 1.22 bits per heavy atom. The number of nitrogens with zero attached hydrogens (tertiary/aromatic N) is 1. The van der Waals surface area contributed by atoms with E-state index in [1.165, 1.54) is 12.8 Å². The second-order valence-corrected chi connectivity index (χ2v) is 5.81. The molecule has 0 aromatic carbocycles. The highest BCUT2D eigenvalue weighted by Crippen LogP contribution is 2.43. The van der Waals surface area contributed by atoms with Gasteiger partial charge in [0.05, 0.1) is 0 Å². The maximum Gasteiger partial charge on any atom is 0.228 e. The summed E-state index contributed by atoms with van der Waals surface area (Å²) in [6.07, 6.45) is 6.86. The molecule has 0 radical (unpaired) electrons. The predicted molar refractivity (Wildman–Crippen MR) is 69.7 cm³/mol. The Bertz CT molecular complexity index is 327. The Hall–Kier alpha value is -1.06. The van der Waals surface area contributed by atoms with Crippen molar-refractivity contribution in [3.8, 4) is 0 Å². The third-order valence-electron chi connectivity index (χ3n) is 4.88. The van der Waals surface area contributed by atoms with E-state index in [1.807, 2.05) is 4.90 Å². The van der Waals surface area contributed by atoms with E-state index in [2.05, 4.69) is 6.92 Å².